The molecule has 2 nitrogen and oxygen atoms in total. The van der Waals surface area contributed by atoms with Crippen LogP contribution in [0, 0.1) is 17.8 Å². The summed E-state index contributed by atoms with van der Waals surface area (Å²) in [6.45, 7) is 11.7. The van der Waals surface area contributed by atoms with Crippen molar-refractivity contribution in [2.75, 3.05) is 26.2 Å². The fourth-order valence-electron chi connectivity index (χ4n) is 2.56. The summed E-state index contributed by atoms with van der Waals surface area (Å²) in [6, 6.07) is 0. The first kappa shape index (κ1) is 13.0. The molecule has 0 aromatic heterocycles. The lowest BCUT2D eigenvalue weighted by Gasteiger charge is -2.36. The molecule has 0 aromatic carbocycles. The highest BCUT2D eigenvalue weighted by molar-refractivity contribution is 4.78. The minimum atomic E-state index is 0.770. The minimum Gasteiger partial charge on any atom is -0.330 e. The summed E-state index contributed by atoms with van der Waals surface area (Å²) in [7, 11) is 0. The summed E-state index contributed by atoms with van der Waals surface area (Å²) in [4.78, 5) is 2.62. The number of likely N-dealkylation sites (tertiary alicyclic amines) is 1. The van der Waals surface area contributed by atoms with Gasteiger partial charge in [-0.1, -0.05) is 20.8 Å². The zero-order valence-corrected chi connectivity index (χ0v) is 10.7. The molecule has 90 valence electrons. The summed E-state index contributed by atoms with van der Waals surface area (Å²) in [5.74, 6) is 2.41. The van der Waals surface area contributed by atoms with Crippen molar-refractivity contribution >= 4 is 0 Å². The lowest BCUT2D eigenvalue weighted by Crippen LogP contribution is -2.42. The zero-order chi connectivity index (χ0) is 11.3. The van der Waals surface area contributed by atoms with E-state index in [9.17, 15) is 0 Å². The third-order valence-electron chi connectivity index (χ3n) is 3.73. The molecule has 0 bridgehead atoms. The molecule has 0 aromatic rings. The first-order valence-corrected chi connectivity index (χ1v) is 6.56. The Morgan fingerprint density at radius 2 is 2.13 bits per heavy atom. The molecule has 0 amide bonds. The predicted octanol–water partition coefficient (Wildman–Crippen LogP) is 2.34. The van der Waals surface area contributed by atoms with Crippen LogP contribution in [0.2, 0.25) is 0 Å². The maximum absolute atomic E-state index is 5.76. The second kappa shape index (κ2) is 6.49. The fraction of sp³-hybridized carbons (Fsp3) is 1.00. The average molecular weight is 212 g/mol. The van der Waals surface area contributed by atoms with E-state index < -0.39 is 0 Å². The van der Waals surface area contributed by atoms with Gasteiger partial charge in [-0.2, -0.15) is 0 Å². The Balaban J connectivity index is 2.17. The molecule has 1 fully saturated rings. The van der Waals surface area contributed by atoms with Gasteiger partial charge in [0.15, 0.2) is 0 Å². The Hall–Kier alpha value is -0.0800. The summed E-state index contributed by atoms with van der Waals surface area (Å²) >= 11 is 0. The van der Waals surface area contributed by atoms with Crippen LogP contribution in [0.3, 0.4) is 0 Å². The maximum Gasteiger partial charge on any atom is 0.00101 e. The fourth-order valence-corrected chi connectivity index (χ4v) is 2.56. The summed E-state index contributed by atoms with van der Waals surface area (Å²) in [5.41, 5.74) is 5.76. The molecule has 1 heterocycles. The molecule has 2 atom stereocenters. The van der Waals surface area contributed by atoms with Crippen molar-refractivity contribution in [3.63, 3.8) is 0 Å². The van der Waals surface area contributed by atoms with E-state index in [4.69, 9.17) is 5.73 Å². The molecule has 1 aliphatic heterocycles. The molecule has 0 radical (unpaired) electrons. The molecule has 0 spiro atoms. The smallest absolute Gasteiger partial charge is 0.00101 e. The lowest BCUT2D eigenvalue weighted by molar-refractivity contribution is 0.130. The molecule has 1 saturated heterocycles. The van der Waals surface area contributed by atoms with Gasteiger partial charge in [0.05, 0.1) is 0 Å². The van der Waals surface area contributed by atoms with Crippen molar-refractivity contribution in [1.82, 2.24) is 4.90 Å². The highest BCUT2D eigenvalue weighted by Gasteiger charge is 2.24. The van der Waals surface area contributed by atoms with Crippen LogP contribution < -0.4 is 5.73 Å². The van der Waals surface area contributed by atoms with Crippen molar-refractivity contribution in [1.29, 1.82) is 0 Å². The molecule has 2 heteroatoms. The van der Waals surface area contributed by atoms with E-state index in [1.54, 1.807) is 0 Å². The largest absolute Gasteiger partial charge is 0.330 e. The number of rotatable bonds is 5. The van der Waals surface area contributed by atoms with Gasteiger partial charge < -0.3 is 10.6 Å². The Morgan fingerprint density at radius 3 is 2.67 bits per heavy atom. The second-order valence-electron chi connectivity index (χ2n) is 5.60. The van der Waals surface area contributed by atoms with Gasteiger partial charge in [-0.25, -0.2) is 0 Å². The molecule has 15 heavy (non-hydrogen) atoms. The van der Waals surface area contributed by atoms with Gasteiger partial charge in [-0.05, 0) is 56.7 Å². The third kappa shape index (κ3) is 4.52. The van der Waals surface area contributed by atoms with Crippen LogP contribution in [0.15, 0.2) is 0 Å². The molecular formula is C13H28N2. The Kier molecular flexibility index (Phi) is 5.62. The van der Waals surface area contributed by atoms with Gasteiger partial charge in [-0.3, -0.25) is 0 Å². The van der Waals surface area contributed by atoms with Crippen LogP contribution in [0.5, 0.6) is 0 Å². The van der Waals surface area contributed by atoms with Crippen molar-refractivity contribution in [2.45, 2.75) is 40.0 Å². The lowest BCUT2D eigenvalue weighted by atomic mass is 9.87. The van der Waals surface area contributed by atoms with E-state index in [0.29, 0.717) is 0 Å². The SMILES string of the molecule is CC(C)CCCN1CCC(CN)C(C)C1. The number of hydrogen-bond acceptors (Lipinski definition) is 2. The van der Waals surface area contributed by atoms with E-state index in [1.165, 1.54) is 38.9 Å². The number of nitrogens with zero attached hydrogens (tertiary/aromatic N) is 1. The molecular weight excluding hydrogens is 184 g/mol. The molecule has 2 N–H and O–H groups in total. The van der Waals surface area contributed by atoms with Crippen molar-refractivity contribution < 1.29 is 0 Å². The van der Waals surface area contributed by atoms with E-state index >= 15 is 0 Å². The number of nitrogens with two attached hydrogens (primary N) is 1. The molecule has 1 rings (SSSR count). The monoisotopic (exact) mass is 212 g/mol. The van der Waals surface area contributed by atoms with Crippen molar-refractivity contribution in [3.05, 3.63) is 0 Å². The summed E-state index contributed by atoms with van der Waals surface area (Å²) < 4.78 is 0. The van der Waals surface area contributed by atoms with E-state index in [-0.39, 0.29) is 0 Å². The predicted molar refractivity (Wildman–Crippen MR) is 66.8 cm³/mol. The third-order valence-corrected chi connectivity index (χ3v) is 3.73. The molecule has 0 aliphatic carbocycles. The highest BCUT2D eigenvalue weighted by atomic mass is 15.1. The Morgan fingerprint density at radius 1 is 1.40 bits per heavy atom. The first-order valence-electron chi connectivity index (χ1n) is 6.56. The topological polar surface area (TPSA) is 29.3 Å². The highest BCUT2D eigenvalue weighted by Crippen LogP contribution is 2.22. The van der Waals surface area contributed by atoms with Crippen molar-refractivity contribution in [3.8, 4) is 0 Å². The average Bonchev–Trinajstić information content (AvgIpc) is 2.17. The van der Waals surface area contributed by atoms with Crippen LogP contribution in [-0.2, 0) is 0 Å². The number of piperidine rings is 1. The van der Waals surface area contributed by atoms with E-state index in [2.05, 4.69) is 25.7 Å². The summed E-state index contributed by atoms with van der Waals surface area (Å²) in [5, 5.41) is 0. The van der Waals surface area contributed by atoms with Crippen LogP contribution in [-0.4, -0.2) is 31.1 Å². The second-order valence-corrected chi connectivity index (χ2v) is 5.60. The van der Waals surface area contributed by atoms with Gasteiger partial charge in [0.1, 0.15) is 0 Å². The van der Waals surface area contributed by atoms with Crippen LogP contribution in [0.4, 0.5) is 0 Å². The molecule has 2 unspecified atom stereocenters. The van der Waals surface area contributed by atoms with E-state index in [0.717, 1.165) is 24.3 Å². The Labute approximate surface area is 95.2 Å². The van der Waals surface area contributed by atoms with E-state index in [1.807, 2.05) is 0 Å². The molecule has 1 aliphatic rings. The minimum absolute atomic E-state index is 0.770. The van der Waals surface area contributed by atoms with Gasteiger partial charge in [-0.15, -0.1) is 0 Å². The Bertz CT molecular complexity index is 168. The standard InChI is InChI=1S/C13H28N2/c1-11(2)5-4-7-15-8-6-13(9-14)12(3)10-15/h11-13H,4-10,14H2,1-3H3. The normalized spacial score (nSPS) is 28.6. The van der Waals surface area contributed by atoms with Crippen LogP contribution in [0.25, 0.3) is 0 Å². The van der Waals surface area contributed by atoms with Crippen LogP contribution >= 0.6 is 0 Å². The van der Waals surface area contributed by atoms with Gasteiger partial charge >= 0.3 is 0 Å². The first-order chi connectivity index (χ1) is 7.13. The maximum atomic E-state index is 5.76. The van der Waals surface area contributed by atoms with Gasteiger partial charge in [0.2, 0.25) is 0 Å². The van der Waals surface area contributed by atoms with Gasteiger partial charge in [0, 0.05) is 6.54 Å². The quantitative estimate of drug-likeness (QED) is 0.758. The summed E-state index contributed by atoms with van der Waals surface area (Å²) in [6.07, 6.45) is 4.03. The van der Waals surface area contributed by atoms with Crippen molar-refractivity contribution in [2.24, 2.45) is 23.5 Å². The number of hydrogen-bond donors (Lipinski definition) is 1. The van der Waals surface area contributed by atoms with Crippen LogP contribution in [0.1, 0.15) is 40.0 Å². The molecule has 0 saturated carbocycles. The van der Waals surface area contributed by atoms with Gasteiger partial charge in [0.25, 0.3) is 0 Å². The zero-order valence-electron chi connectivity index (χ0n) is 10.7.